The van der Waals surface area contributed by atoms with Gasteiger partial charge in [0.1, 0.15) is 5.82 Å². The fraction of sp³-hybridized carbons (Fsp3) is 0.308. The standard InChI is InChI=1S/C13H17FN4/c1-3-12-11(8-18(2)17-12)13(16-15)9-4-6-10(14)7-5-9/h4-8,13,16H,3,15H2,1-2H3. The molecule has 1 heterocycles. The van der Waals surface area contributed by atoms with Gasteiger partial charge in [-0.05, 0) is 24.1 Å². The molecule has 0 aliphatic heterocycles. The number of halogens is 1. The number of nitrogens with zero attached hydrogens (tertiary/aromatic N) is 2. The Labute approximate surface area is 106 Å². The molecule has 2 aromatic rings. The molecular weight excluding hydrogens is 231 g/mol. The molecule has 96 valence electrons. The zero-order chi connectivity index (χ0) is 13.1. The van der Waals surface area contributed by atoms with Gasteiger partial charge in [0.15, 0.2) is 0 Å². The second-order valence-electron chi connectivity index (χ2n) is 4.21. The molecule has 1 atom stereocenters. The summed E-state index contributed by atoms with van der Waals surface area (Å²) in [6.45, 7) is 2.05. The smallest absolute Gasteiger partial charge is 0.123 e. The van der Waals surface area contributed by atoms with Crippen LogP contribution in [0.15, 0.2) is 30.5 Å². The van der Waals surface area contributed by atoms with Gasteiger partial charge in [-0.15, -0.1) is 0 Å². The van der Waals surface area contributed by atoms with E-state index in [2.05, 4.69) is 10.5 Å². The van der Waals surface area contributed by atoms with Crippen LogP contribution in [0.5, 0.6) is 0 Å². The van der Waals surface area contributed by atoms with Gasteiger partial charge in [-0.3, -0.25) is 10.5 Å². The van der Waals surface area contributed by atoms with Gasteiger partial charge in [-0.1, -0.05) is 19.1 Å². The topological polar surface area (TPSA) is 55.9 Å². The van der Waals surface area contributed by atoms with Crippen molar-refractivity contribution >= 4 is 0 Å². The van der Waals surface area contributed by atoms with Crippen molar-refractivity contribution in [2.24, 2.45) is 12.9 Å². The van der Waals surface area contributed by atoms with E-state index in [0.29, 0.717) is 0 Å². The number of hydrazine groups is 1. The molecule has 0 saturated heterocycles. The summed E-state index contributed by atoms with van der Waals surface area (Å²) in [5.41, 5.74) is 5.70. The third kappa shape index (κ3) is 2.42. The fourth-order valence-corrected chi connectivity index (χ4v) is 2.09. The van der Waals surface area contributed by atoms with E-state index in [1.54, 1.807) is 16.8 Å². The highest BCUT2D eigenvalue weighted by atomic mass is 19.1. The van der Waals surface area contributed by atoms with Gasteiger partial charge in [0, 0.05) is 18.8 Å². The first kappa shape index (κ1) is 12.7. The number of hydrogen-bond donors (Lipinski definition) is 2. The Hall–Kier alpha value is -1.72. The SMILES string of the molecule is CCc1nn(C)cc1C(NN)c1ccc(F)cc1. The Bertz CT molecular complexity index is 518. The second-order valence-corrected chi connectivity index (χ2v) is 4.21. The number of benzene rings is 1. The van der Waals surface area contributed by atoms with Crippen LogP contribution in [0.25, 0.3) is 0 Å². The maximum atomic E-state index is 12.9. The average molecular weight is 248 g/mol. The predicted molar refractivity (Wildman–Crippen MR) is 68.2 cm³/mol. The minimum atomic E-state index is -0.253. The Kier molecular flexibility index (Phi) is 3.74. The molecule has 0 spiro atoms. The van der Waals surface area contributed by atoms with Gasteiger partial charge in [-0.2, -0.15) is 5.10 Å². The number of nitrogens with two attached hydrogens (primary N) is 1. The molecular formula is C13H17FN4. The lowest BCUT2D eigenvalue weighted by atomic mass is 9.99. The molecule has 0 bridgehead atoms. The Balaban J connectivity index is 2.41. The molecule has 18 heavy (non-hydrogen) atoms. The first-order valence-electron chi connectivity index (χ1n) is 5.89. The summed E-state index contributed by atoms with van der Waals surface area (Å²) in [5.74, 6) is 5.37. The molecule has 0 aliphatic rings. The van der Waals surface area contributed by atoms with Gasteiger partial charge < -0.3 is 0 Å². The molecule has 3 N–H and O–H groups in total. The summed E-state index contributed by atoms with van der Waals surface area (Å²) < 4.78 is 14.7. The van der Waals surface area contributed by atoms with E-state index < -0.39 is 0 Å². The molecule has 0 amide bonds. The lowest BCUT2D eigenvalue weighted by Gasteiger charge is -2.16. The lowest BCUT2D eigenvalue weighted by molar-refractivity contribution is 0.613. The molecule has 0 aliphatic carbocycles. The van der Waals surface area contributed by atoms with E-state index in [4.69, 9.17) is 5.84 Å². The summed E-state index contributed by atoms with van der Waals surface area (Å²) in [5, 5.41) is 4.39. The van der Waals surface area contributed by atoms with Crippen LogP contribution < -0.4 is 11.3 Å². The van der Waals surface area contributed by atoms with Crippen LogP contribution in [0.1, 0.15) is 29.8 Å². The quantitative estimate of drug-likeness (QED) is 0.639. The predicted octanol–water partition coefficient (Wildman–Crippen LogP) is 1.67. The van der Waals surface area contributed by atoms with Gasteiger partial charge in [0.05, 0.1) is 11.7 Å². The van der Waals surface area contributed by atoms with E-state index in [0.717, 1.165) is 23.2 Å². The Morgan fingerprint density at radius 3 is 2.61 bits per heavy atom. The van der Waals surface area contributed by atoms with Crippen LogP contribution in [-0.2, 0) is 13.5 Å². The van der Waals surface area contributed by atoms with Crippen molar-refractivity contribution in [1.29, 1.82) is 0 Å². The van der Waals surface area contributed by atoms with Crippen molar-refractivity contribution in [3.8, 4) is 0 Å². The molecule has 1 unspecified atom stereocenters. The van der Waals surface area contributed by atoms with Crippen LogP contribution in [-0.4, -0.2) is 9.78 Å². The number of aromatic nitrogens is 2. The van der Waals surface area contributed by atoms with Gasteiger partial charge in [0.2, 0.25) is 0 Å². The van der Waals surface area contributed by atoms with Crippen molar-refractivity contribution in [3.05, 3.63) is 53.1 Å². The first-order valence-corrected chi connectivity index (χ1v) is 5.89. The van der Waals surface area contributed by atoms with Crippen LogP contribution in [0.3, 0.4) is 0 Å². The molecule has 0 fully saturated rings. The third-order valence-electron chi connectivity index (χ3n) is 2.95. The largest absolute Gasteiger partial charge is 0.275 e. The Morgan fingerprint density at radius 1 is 1.39 bits per heavy atom. The van der Waals surface area contributed by atoms with Crippen LogP contribution >= 0.6 is 0 Å². The summed E-state index contributed by atoms with van der Waals surface area (Å²) in [6, 6.07) is 6.15. The van der Waals surface area contributed by atoms with Crippen LogP contribution in [0, 0.1) is 5.82 Å². The zero-order valence-corrected chi connectivity index (χ0v) is 10.5. The highest BCUT2D eigenvalue weighted by Crippen LogP contribution is 2.24. The van der Waals surface area contributed by atoms with Crippen molar-refractivity contribution in [1.82, 2.24) is 15.2 Å². The molecule has 4 nitrogen and oxygen atoms in total. The second kappa shape index (κ2) is 5.29. The summed E-state index contributed by atoms with van der Waals surface area (Å²) in [6.07, 6.45) is 2.77. The van der Waals surface area contributed by atoms with Crippen molar-refractivity contribution in [3.63, 3.8) is 0 Å². The molecule has 1 aromatic heterocycles. The van der Waals surface area contributed by atoms with E-state index in [-0.39, 0.29) is 11.9 Å². The molecule has 0 radical (unpaired) electrons. The summed E-state index contributed by atoms with van der Waals surface area (Å²) in [7, 11) is 1.88. The van der Waals surface area contributed by atoms with Crippen LogP contribution in [0.2, 0.25) is 0 Å². The van der Waals surface area contributed by atoms with Gasteiger partial charge >= 0.3 is 0 Å². The minimum absolute atomic E-state index is 0.172. The number of aryl methyl sites for hydroxylation is 2. The summed E-state index contributed by atoms with van der Waals surface area (Å²) >= 11 is 0. The fourth-order valence-electron chi connectivity index (χ4n) is 2.09. The maximum absolute atomic E-state index is 12.9. The number of rotatable bonds is 4. The highest BCUT2D eigenvalue weighted by molar-refractivity contribution is 5.33. The summed E-state index contributed by atoms with van der Waals surface area (Å²) in [4.78, 5) is 0. The highest BCUT2D eigenvalue weighted by Gasteiger charge is 2.18. The van der Waals surface area contributed by atoms with E-state index in [9.17, 15) is 4.39 Å². The first-order chi connectivity index (χ1) is 8.65. The number of hydrogen-bond acceptors (Lipinski definition) is 3. The zero-order valence-electron chi connectivity index (χ0n) is 10.5. The van der Waals surface area contributed by atoms with Gasteiger partial charge in [-0.25, -0.2) is 9.82 Å². The van der Waals surface area contributed by atoms with Crippen molar-refractivity contribution in [2.75, 3.05) is 0 Å². The van der Waals surface area contributed by atoms with Gasteiger partial charge in [0.25, 0.3) is 0 Å². The number of nitrogens with one attached hydrogen (secondary N) is 1. The van der Waals surface area contributed by atoms with E-state index in [1.165, 1.54) is 12.1 Å². The molecule has 1 aromatic carbocycles. The Morgan fingerprint density at radius 2 is 2.06 bits per heavy atom. The third-order valence-corrected chi connectivity index (χ3v) is 2.95. The van der Waals surface area contributed by atoms with E-state index >= 15 is 0 Å². The van der Waals surface area contributed by atoms with E-state index in [1.807, 2.05) is 20.2 Å². The van der Waals surface area contributed by atoms with Crippen LogP contribution in [0.4, 0.5) is 4.39 Å². The van der Waals surface area contributed by atoms with Crippen molar-refractivity contribution < 1.29 is 4.39 Å². The lowest BCUT2D eigenvalue weighted by Crippen LogP contribution is -2.29. The monoisotopic (exact) mass is 248 g/mol. The molecule has 0 saturated carbocycles. The van der Waals surface area contributed by atoms with Crippen molar-refractivity contribution in [2.45, 2.75) is 19.4 Å². The normalized spacial score (nSPS) is 12.7. The maximum Gasteiger partial charge on any atom is 0.123 e. The average Bonchev–Trinajstić information content (AvgIpc) is 2.74. The minimum Gasteiger partial charge on any atom is -0.275 e. The molecule has 2 rings (SSSR count). The molecule has 5 heteroatoms.